The van der Waals surface area contributed by atoms with Crippen LogP contribution < -0.4 is 4.90 Å². The molecular weight excluding hydrogens is 252 g/mol. The molecule has 0 amide bonds. The minimum absolute atomic E-state index is 0.186. The van der Waals surface area contributed by atoms with Gasteiger partial charge in [0.05, 0.1) is 11.0 Å². The molecule has 0 bridgehead atoms. The number of rotatable bonds is 3. The molecule has 0 saturated carbocycles. The van der Waals surface area contributed by atoms with E-state index in [1.54, 1.807) is 6.07 Å². The highest BCUT2D eigenvalue weighted by molar-refractivity contribution is 7.16. The Bertz CT molecular complexity index is 433. The van der Waals surface area contributed by atoms with Crippen LogP contribution in [0.5, 0.6) is 0 Å². The van der Waals surface area contributed by atoms with Gasteiger partial charge in [-0.25, -0.2) is 0 Å². The summed E-state index contributed by atoms with van der Waals surface area (Å²) in [6.45, 7) is 3.29. The van der Waals surface area contributed by atoms with E-state index in [1.165, 1.54) is 11.3 Å². The van der Waals surface area contributed by atoms with Crippen LogP contribution in [0.2, 0.25) is 0 Å². The van der Waals surface area contributed by atoms with Crippen LogP contribution in [0.3, 0.4) is 0 Å². The fraction of sp³-hybridized carbons (Fsp3) is 0.667. The van der Waals surface area contributed by atoms with Crippen LogP contribution in [0.15, 0.2) is 6.07 Å². The molecule has 18 heavy (non-hydrogen) atoms. The Morgan fingerprint density at radius 1 is 1.61 bits per heavy atom. The van der Waals surface area contributed by atoms with E-state index in [-0.39, 0.29) is 16.7 Å². The Labute approximate surface area is 110 Å². The second-order valence-corrected chi connectivity index (χ2v) is 5.72. The number of hydrogen-bond donors (Lipinski definition) is 1. The van der Waals surface area contributed by atoms with E-state index in [1.807, 2.05) is 11.8 Å². The summed E-state index contributed by atoms with van der Waals surface area (Å²) in [6, 6.07) is 1.66. The van der Waals surface area contributed by atoms with Crippen molar-refractivity contribution in [1.29, 1.82) is 0 Å². The highest BCUT2D eigenvalue weighted by Crippen LogP contribution is 2.38. The summed E-state index contributed by atoms with van der Waals surface area (Å²) in [7, 11) is 0. The second-order valence-electron chi connectivity index (χ2n) is 4.61. The van der Waals surface area contributed by atoms with Crippen LogP contribution in [0, 0.1) is 10.1 Å². The van der Waals surface area contributed by atoms with Gasteiger partial charge in [-0.1, -0.05) is 6.92 Å². The summed E-state index contributed by atoms with van der Waals surface area (Å²) in [6.07, 6.45) is 3.18. The maximum atomic E-state index is 11.1. The van der Waals surface area contributed by atoms with Gasteiger partial charge in [-0.05, 0) is 25.7 Å². The third kappa shape index (κ3) is 2.81. The van der Waals surface area contributed by atoms with Gasteiger partial charge >= 0.3 is 5.69 Å². The van der Waals surface area contributed by atoms with Crippen LogP contribution >= 0.6 is 11.3 Å². The molecule has 5 nitrogen and oxygen atoms in total. The van der Waals surface area contributed by atoms with Gasteiger partial charge in [-0.15, -0.1) is 11.3 Å². The zero-order chi connectivity index (χ0) is 13.1. The van der Waals surface area contributed by atoms with Crippen molar-refractivity contribution in [3.63, 3.8) is 0 Å². The van der Waals surface area contributed by atoms with Crippen LogP contribution in [0.25, 0.3) is 0 Å². The van der Waals surface area contributed by atoms with Crippen molar-refractivity contribution in [2.75, 3.05) is 18.0 Å². The normalized spacial score (nSPS) is 20.8. The minimum Gasteiger partial charge on any atom is -0.391 e. The Hall–Kier alpha value is -1.14. The zero-order valence-electron chi connectivity index (χ0n) is 10.5. The molecule has 0 aliphatic carbocycles. The van der Waals surface area contributed by atoms with Crippen molar-refractivity contribution >= 4 is 22.0 Å². The lowest BCUT2D eigenvalue weighted by molar-refractivity contribution is -0.383. The predicted molar refractivity (Wildman–Crippen MR) is 72.4 cm³/mol. The lowest BCUT2D eigenvalue weighted by Gasteiger charge is -2.21. The van der Waals surface area contributed by atoms with E-state index in [0.29, 0.717) is 11.5 Å². The molecule has 100 valence electrons. The SMILES string of the molecule is CCc1cc([N+](=O)[O-])c(N2CCCC[C@H](O)C2)s1. The maximum absolute atomic E-state index is 11.1. The average Bonchev–Trinajstić information content (AvgIpc) is 2.66. The van der Waals surface area contributed by atoms with E-state index >= 15 is 0 Å². The number of hydrogen-bond acceptors (Lipinski definition) is 5. The molecule has 1 atom stereocenters. The van der Waals surface area contributed by atoms with E-state index < -0.39 is 0 Å². The first-order chi connectivity index (χ1) is 8.61. The molecule has 1 aliphatic rings. The fourth-order valence-corrected chi connectivity index (χ4v) is 3.35. The van der Waals surface area contributed by atoms with Crippen molar-refractivity contribution in [2.24, 2.45) is 0 Å². The van der Waals surface area contributed by atoms with Crippen molar-refractivity contribution < 1.29 is 10.0 Å². The lowest BCUT2D eigenvalue weighted by atomic mass is 10.2. The molecule has 0 aromatic carbocycles. The van der Waals surface area contributed by atoms with E-state index in [0.717, 1.165) is 37.1 Å². The Kier molecular flexibility index (Phi) is 4.19. The lowest BCUT2D eigenvalue weighted by Crippen LogP contribution is -2.30. The molecule has 0 radical (unpaired) electrons. The van der Waals surface area contributed by atoms with Crippen molar-refractivity contribution in [3.8, 4) is 0 Å². The zero-order valence-corrected chi connectivity index (χ0v) is 11.3. The predicted octanol–water partition coefficient (Wildman–Crippen LogP) is 2.57. The summed E-state index contributed by atoms with van der Waals surface area (Å²) < 4.78 is 0. The van der Waals surface area contributed by atoms with E-state index in [9.17, 15) is 15.2 Å². The number of anilines is 1. The summed E-state index contributed by atoms with van der Waals surface area (Å²) in [5.41, 5.74) is 0.186. The molecule has 1 N–H and O–H groups in total. The number of thiophene rings is 1. The molecule has 0 unspecified atom stereocenters. The van der Waals surface area contributed by atoms with Crippen LogP contribution in [0.1, 0.15) is 31.1 Å². The summed E-state index contributed by atoms with van der Waals surface area (Å²) in [5.74, 6) is 0. The molecular formula is C12H18N2O3S. The molecule has 1 fully saturated rings. The van der Waals surface area contributed by atoms with E-state index in [4.69, 9.17) is 0 Å². The third-order valence-corrected chi connectivity index (χ3v) is 4.55. The summed E-state index contributed by atoms with van der Waals surface area (Å²) >= 11 is 1.48. The largest absolute Gasteiger partial charge is 0.391 e. The first-order valence-corrected chi connectivity index (χ1v) is 7.13. The minimum atomic E-state index is -0.376. The van der Waals surface area contributed by atoms with Gasteiger partial charge in [-0.3, -0.25) is 10.1 Å². The molecule has 6 heteroatoms. The van der Waals surface area contributed by atoms with Gasteiger partial charge in [0.15, 0.2) is 5.00 Å². The number of aryl methyl sites for hydroxylation is 1. The molecule has 2 rings (SSSR count). The first-order valence-electron chi connectivity index (χ1n) is 6.32. The summed E-state index contributed by atoms with van der Waals surface area (Å²) in [5, 5.41) is 21.6. The Morgan fingerprint density at radius 3 is 3.06 bits per heavy atom. The summed E-state index contributed by atoms with van der Waals surface area (Å²) in [4.78, 5) is 13.8. The number of nitro groups is 1. The van der Waals surface area contributed by atoms with Gasteiger partial charge < -0.3 is 10.0 Å². The highest BCUT2D eigenvalue weighted by Gasteiger charge is 2.26. The fourth-order valence-electron chi connectivity index (χ4n) is 2.26. The van der Waals surface area contributed by atoms with Crippen molar-refractivity contribution in [3.05, 3.63) is 21.1 Å². The second kappa shape index (κ2) is 5.67. The molecule has 1 saturated heterocycles. The Morgan fingerprint density at radius 2 is 2.39 bits per heavy atom. The topological polar surface area (TPSA) is 66.6 Å². The quantitative estimate of drug-likeness (QED) is 0.677. The Balaban J connectivity index is 2.29. The van der Waals surface area contributed by atoms with Gasteiger partial charge in [0, 0.05) is 24.0 Å². The molecule has 1 aliphatic heterocycles. The van der Waals surface area contributed by atoms with Gasteiger partial charge in [0.2, 0.25) is 0 Å². The number of β-amino-alcohol motifs (C(OH)–C–C–N with tert-alkyl or cyclic N) is 1. The van der Waals surface area contributed by atoms with Gasteiger partial charge in [-0.2, -0.15) is 0 Å². The van der Waals surface area contributed by atoms with Crippen molar-refractivity contribution in [2.45, 2.75) is 38.7 Å². The third-order valence-electron chi connectivity index (χ3n) is 3.22. The van der Waals surface area contributed by atoms with Crippen molar-refractivity contribution in [1.82, 2.24) is 0 Å². The first kappa shape index (κ1) is 13.3. The number of aliphatic hydroxyl groups is 1. The van der Waals surface area contributed by atoms with Gasteiger partial charge in [0.1, 0.15) is 0 Å². The maximum Gasteiger partial charge on any atom is 0.303 e. The standard InChI is InChI=1S/C12H18N2O3S/c1-2-10-7-11(14(16)17)12(18-10)13-6-4-3-5-9(15)8-13/h7,9,15H,2-6,8H2,1H3/t9-/m0/s1. The molecule has 1 aromatic rings. The average molecular weight is 270 g/mol. The van der Waals surface area contributed by atoms with Crippen LogP contribution in [-0.2, 0) is 6.42 Å². The van der Waals surface area contributed by atoms with Gasteiger partial charge in [0.25, 0.3) is 0 Å². The highest BCUT2D eigenvalue weighted by atomic mass is 32.1. The number of aliphatic hydroxyl groups excluding tert-OH is 1. The number of nitrogens with zero attached hydrogens (tertiary/aromatic N) is 2. The smallest absolute Gasteiger partial charge is 0.303 e. The molecule has 1 aromatic heterocycles. The van der Waals surface area contributed by atoms with Crippen LogP contribution in [0.4, 0.5) is 10.7 Å². The molecule has 0 spiro atoms. The van der Waals surface area contributed by atoms with E-state index in [2.05, 4.69) is 0 Å². The van der Waals surface area contributed by atoms with Crippen LogP contribution in [-0.4, -0.2) is 29.2 Å². The monoisotopic (exact) mass is 270 g/mol. The molecule has 2 heterocycles.